The number of hydrogen-bond acceptors (Lipinski definition) is 2. The summed E-state index contributed by atoms with van der Waals surface area (Å²) in [5.41, 5.74) is 0. The first kappa shape index (κ1) is 13.9. The fraction of sp³-hybridized carbons (Fsp3) is 0.938. The second-order valence-electron chi connectivity index (χ2n) is 6.28. The van der Waals surface area contributed by atoms with Gasteiger partial charge in [-0.05, 0) is 31.6 Å². The van der Waals surface area contributed by atoms with Gasteiger partial charge in [0.25, 0.3) is 0 Å². The summed E-state index contributed by atoms with van der Waals surface area (Å²) in [6, 6.07) is 3.70. The summed E-state index contributed by atoms with van der Waals surface area (Å²) >= 11 is 0. The first-order chi connectivity index (χ1) is 8.83. The first-order valence-corrected chi connectivity index (χ1v) is 7.99. The van der Waals surface area contributed by atoms with Crippen LogP contribution in [0.4, 0.5) is 0 Å². The molecule has 102 valence electrons. The highest BCUT2D eigenvalue weighted by Gasteiger charge is 2.28. The quantitative estimate of drug-likeness (QED) is 0.766. The zero-order valence-corrected chi connectivity index (χ0v) is 11.8. The van der Waals surface area contributed by atoms with Crippen molar-refractivity contribution in [3.05, 3.63) is 0 Å². The largest absolute Gasteiger partial charge is 0.310 e. The summed E-state index contributed by atoms with van der Waals surface area (Å²) in [5.74, 6) is 1.18. The van der Waals surface area contributed by atoms with Crippen molar-refractivity contribution in [2.75, 3.05) is 0 Å². The SMILES string of the molecule is CCC1CCCC(NC2CCCCCC2C#N)C1. The molecule has 4 atom stereocenters. The van der Waals surface area contributed by atoms with Crippen molar-refractivity contribution in [1.82, 2.24) is 5.32 Å². The van der Waals surface area contributed by atoms with Crippen LogP contribution in [-0.2, 0) is 0 Å². The van der Waals surface area contributed by atoms with Crippen molar-refractivity contribution in [2.45, 2.75) is 83.2 Å². The van der Waals surface area contributed by atoms with Crippen molar-refractivity contribution in [2.24, 2.45) is 11.8 Å². The number of hydrogen-bond donors (Lipinski definition) is 1. The predicted octanol–water partition coefficient (Wildman–Crippen LogP) is 4.02. The normalized spacial score (nSPS) is 37.8. The molecule has 0 saturated heterocycles. The van der Waals surface area contributed by atoms with E-state index in [1.54, 1.807) is 0 Å². The van der Waals surface area contributed by atoms with Gasteiger partial charge in [-0.25, -0.2) is 0 Å². The Bertz CT molecular complexity index is 281. The third-order valence-electron chi connectivity index (χ3n) is 4.99. The molecule has 1 N–H and O–H groups in total. The molecule has 0 spiro atoms. The van der Waals surface area contributed by atoms with Crippen LogP contribution in [-0.4, -0.2) is 12.1 Å². The van der Waals surface area contributed by atoms with Crippen molar-refractivity contribution in [1.29, 1.82) is 5.26 Å². The van der Waals surface area contributed by atoms with E-state index in [2.05, 4.69) is 18.3 Å². The van der Waals surface area contributed by atoms with Crippen LogP contribution in [0.25, 0.3) is 0 Å². The lowest BCUT2D eigenvalue weighted by Gasteiger charge is -2.33. The fourth-order valence-corrected chi connectivity index (χ4v) is 3.78. The van der Waals surface area contributed by atoms with E-state index in [0.717, 1.165) is 12.3 Å². The van der Waals surface area contributed by atoms with Gasteiger partial charge in [-0.1, -0.05) is 45.4 Å². The highest BCUT2D eigenvalue weighted by Crippen LogP contribution is 2.29. The first-order valence-electron chi connectivity index (χ1n) is 7.99. The Balaban J connectivity index is 1.88. The summed E-state index contributed by atoms with van der Waals surface area (Å²) in [7, 11) is 0. The summed E-state index contributed by atoms with van der Waals surface area (Å²) in [6.07, 6.45) is 13.0. The molecule has 0 aromatic carbocycles. The second kappa shape index (κ2) is 7.14. The number of nitrogens with one attached hydrogen (secondary N) is 1. The van der Waals surface area contributed by atoms with E-state index in [4.69, 9.17) is 0 Å². The third-order valence-corrected chi connectivity index (χ3v) is 4.99. The minimum absolute atomic E-state index is 0.259. The minimum Gasteiger partial charge on any atom is -0.310 e. The summed E-state index contributed by atoms with van der Waals surface area (Å²) < 4.78 is 0. The summed E-state index contributed by atoms with van der Waals surface area (Å²) in [4.78, 5) is 0. The molecule has 0 radical (unpaired) electrons. The van der Waals surface area contributed by atoms with Gasteiger partial charge in [0.05, 0.1) is 12.0 Å². The molecule has 2 aliphatic carbocycles. The maximum absolute atomic E-state index is 9.32. The Morgan fingerprint density at radius 2 is 1.89 bits per heavy atom. The van der Waals surface area contributed by atoms with Gasteiger partial charge in [0.1, 0.15) is 0 Å². The topological polar surface area (TPSA) is 35.8 Å². The van der Waals surface area contributed by atoms with E-state index in [9.17, 15) is 5.26 Å². The smallest absolute Gasteiger partial charge is 0.0672 e. The molecule has 2 fully saturated rings. The zero-order valence-electron chi connectivity index (χ0n) is 11.8. The standard InChI is InChI=1S/C16H28N2/c1-2-13-7-6-9-15(11-13)18-16-10-5-3-4-8-14(16)12-17/h13-16,18H,2-11H2,1H3. The average molecular weight is 248 g/mol. The highest BCUT2D eigenvalue weighted by atomic mass is 15.0. The average Bonchev–Trinajstić information content (AvgIpc) is 2.64. The molecule has 2 saturated carbocycles. The maximum Gasteiger partial charge on any atom is 0.0672 e. The molecule has 2 nitrogen and oxygen atoms in total. The van der Waals surface area contributed by atoms with Gasteiger partial charge in [-0.3, -0.25) is 0 Å². The van der Waals surface area contributed by atoms with E-state index in [1.165, 1.54) is 57.8 Å². The van der Waals surface area contributed by atoms with Gasteiger partial charge in [0, 0.05) is 12.1 Å². The second-order valence-corrected chi connectivity index (χ2v) is 6.28. The Morgan fingerprint density at radius 3 is 2.67 bits per heavy atom. The zero-order chi connectivity index (χ0) is 12.8. The monoisotopic (exact) mass is 248 g/mol. The van der Waals surface area contributed by atoms with Gasteiger partial charge in [-0.2, -0.15) is 5.26 Å². The molecule has 0 bridgehead atoms. The van der Waals surface area contributed by atoms with E-state index >= 15 is 0 Å². The number of nitrogens with zero attached hydrogens (tertiary/aromatic N) is 1. The lowest BCUT2D eigenvalue weighted by molar-refractivity contribution is 0.242. The third kappa shape index (κ3) is 3.72. The molecule has 0 aliphatic heterocycles. The Labute approximate surface area is 112 Å². The molecule has 2 heteroatoms. The molecule has 2 rings (SSSR count). The minimum atomic E-state index is 0.259. The van der Waals surface area contributed by atoms with Gasteiger partial charge in [0.2, 0.25) is 0 Å². The molecule has 0 heterocycles. The van der Waals surface area contributed by atoms with Crippen LogP contribution in [0.3, 0.4) is 0 Å². The molecule has 0 aromatic rings. The Hall–Kier alpha value is -0.550. The maximum atomic E-state index is 9.32. The predicted molar refractivity (Wildman–Crippen MR) is 75.1 cm³/mol. The van der Waals surface area contributed by atoms with E-state index in [0.29, 0.717) is 12.1 Å². The molecule has 18 heavy (non-hydrogen) atoms. The van der Waals surface area contributed by atoms with Gasteiger partial charge in [0.15, 0.2) is 0 Å². The molecule has 0 amide bonds. The van der Waals surface area contributed by atoms with Crippen LogP contribution < -0.4 is 5.32 Å². The van der Waals surface area contributed by atoms with E-state index < -0.39 is 0 Å². The summed E-state index contributed by atoms with van der Waals surface area (Å²) in [6.45, 7) is 2.32. The molecular formula is C16H28N2. The lowest BCUT2D eigenvalue weighted by Crippen LogP contribution is -2.44. The van der Waals surface area contributed by atoms with Crippen molar-refractivity contribution in [3.8, 4) is 6.07 Å². The summed E-state index contributed by atoms with van der Waals surface area (Å²) in [5, 5.41) is 13.2. The van der Waals surface area contributed by atoms with E-state index in [1.807, 2.05) is 0 Å². The molecule has 0 aromatic heterocycles. The molecule has 2 aliphatic rings. The van der Waals surface area contributed by atoms with Crippen LogP contribution in [0.2, 0.25) is 0 Å². The van der Waals surface area contributed by atoms with Crippen LogP contribution in [0, 0.1) is 23.2 Å². The molecular weight excluding hydrogens is 220 g/mol. The van der Waals surface area contributed by atoms with Crippen LogP contribution in [0.15, 0.2) is 0 Å². The highest BCUT2D eigenvalue weighted by molar-refractivity contribution is 4.95. The van der Waals surface area contributed by atoms with Crippen molar-refractivity contribution in [3.63, 3.8) is 0 Å². The number of nitriles is 1. The van der Waals surface area contributed by atoms with Gasteiger partial charge >= 0.3 is 0 Å². The van der Waals surface area contributed by atoms with E-state index in [-0.39, 0.29) is 5.92 Å². The Morgan fingerprint density at radius 1 is 1.06 bits per heavy atom. The van der Waals surface area contributed by atoms with Crippen molar-refractivity contribution >= 4 is 0 Å². The van der Waals surface area contributed by atoms with Gasteiger partial charge < -0.3 is 5.32 Å². The van der Waals surface area contributed by atoms with Crippen LogP contribution in [0.5, 0.6) is 0 Å². The van der Waals surface area contributed by atoms with Crippen LogP contribution in [0.1, 0.15) is 71.1 Å². The number of rotatable bonds is 3. The van der Waals surface area contributed by atoms with Crippen molar-refractivity contribution < 1.29 is 0 Å². The lowest BCUT2D eigenvalue weighted by atomic mass is 9.83. The fourth-order valence-electron chi connectivity index (χ4n) is 3.78. The Kier molecular flexibility index (Phi) is 5.50. The molecule has 4 unspecified atom stereocenters. The van der Waals surface area contributed by atoms with Crippen LogP contribution >= 0.6 is 0 Å². The van der Waals surface area contributed by atoms with Gasteiger partial charge in [-0.15, -0.1) is 0 Å².